The Bertz CT molecular complexity index is 792. The zero-order chi connectivity index (χ0) is 27.7. The third-order valence-electron chi connectivity index (χ3n) is 12.3. The zero-order valence-electron chi connectivity index (χ0n) is 24.2. The number of hydrogen-bond acceptors (Lipinski definition) is 7. The molecule has 0 unspecified atom stereocenters. The van der Waals surface area contributed by atoms with E-state index in [0.29, 0.717) is 61.6 Å². The number of carbonyl (C=O) groups is 1. The molecule has 7 nitrogen and oxygen atoms in total. The van der Waals surface area contributed by atoms with Crippen molar-refractivity contribution in [3.8, 4) is 0 Å². The van der Waals surface area contributed by atoms with Crippen molar-refractivity contribution in [3.63, 3.8) is 0 Å². The average Bonchev–Trinajstić information content (AvgIpc) is 3.25. The zero-order valence-corrected chi connectivity index (χ0v) is 24.2. The van der Waals surface area contributed by atoms with Crippen LogP contribution in [0.1, 0.15) is 97.8 Å². The van der Waals surface area contributed by atoms with Gasteiger partial charge >= 0.3 is 5.97 Å². The van der Waals surface area contributed by atoms with Gasteiger partial charge in [-0.05, 0) is 136 Å². The van der Waals surface area contributed by atoms with Gasteiger partial charge in [0.2, 0.25) is 0 Å². The number of esters is 1. The highest BCUT2D eigenvalue weighted by Crippen LogP contribution is 2.68. The number of unbranched alkanes of at least 4 members (excludes halogenated alkanes) is 1. The van der Waals surface area contributed by atoms with Crippen molar-refractivity contribution in [3.05, 3.63) is 0 Å². The normalized spacial score (nSPS) is 43.3. The first kappa shape index (κ1) is 30.2. The molecular weight excluding hydrogens is 480 g/mol. The monoisotopic (exact) mass is 536 g/mol. The van der Waals surface area contributed by atoms with E-state index in [0.717, 1.165) is 70.6 Å². The second kappa shape index (κ2) is 12.4. The topological polar surface area (TPSA) is 139 Å². The van der Waals surface area contributed by atoms with Crippen LogP contribution in [0.5, 0.6) is 0 Å². The van der Waals surface area contributed by atoms with Gasteiger partial charge in [-0.1, -0.05) is 20.8 Å². The first-order valence-electron chi connectivity index (χ1n) is 15.7. The fourth-order valence-electron chi connectivity index (χ4n) is 9.80. The molecule has 4 aliphatic carbocycles. The Morgan fingerprint density at radius 1 is 0.974 bits per heavy atom. The molecule has 0 heterocycles. The van der Waals surface area contributed by atoms with Crippen LogP contribution in [0, 0.1) is 52.3 Å². The van der Waals surface area contributed by atoms with Crippen LogP contribution in [0.25, 0.3) is 0 Å². The quantitative estimate of drug-likeness (QED) is 0.201. The maximum atomic E-state index is 12.5. The third kappa shape index (κ3) is 5.70. The largest absolute Gasteiger partial charge is 0.466 e. The highest BCUT2D eigenvalue weighted by atomic mass is 16.5. The molecule has 7 N–H and O–H groups in total. The van der Waals surface area contributed by atoms with Gasteiger partial charge in [-0.2, -0.15) is 0 Å². The number of fused-ring (bicyclic) bond motifs is 5. The molecule has 0 amide bonds. The van der Waals surface area contributed by atoms with Crippen molar-refractivity contribution < 1.29 is 24.9 Å². The van der Waals surface area contributed by atoms with Gasteiger partial charge in [0.05, 0.1) is 24.9 Å². The molecule has 0 spiro atoms. The first-order valence-corrected chi connectivity index (χ1v) is 15.7. The first-order chi connectivity index (χ1) is 18.1. The number of aliphatic hydroxyl groups excluding tert-OH is 3. The average molecular weight is 537 g/mol. The fraction of sp³-hybridized carbons (Fsp3) is 0.968. The molecule has 0 aromatic heterocycles. The van der Waals surface area contributed by atoms with Gasteiger partial charge in [0, 0.05) is 6.42 Å². The number of ether oxygens (including phenoxy) is 1. The van der Waals surface area contributed by atoms with Crippen LogP contribution in [0.2, 0.25) is 0 Å². The van der Waals surface area contributed by atoms with Crippen LogP contribution < -0.4 is 11.5 Å². The van der Waals surface area contributed by atoms with Crippen LogP contribution in [-0.4, -0.2) is 59.3 Å². The molecule has 4 fully saturated rings. The number of carbonyl (C=O) groups excluding carboxylic acids is 1. The smallest absolute Gasteiger partial charge is 0.305 e. The Balaban J connectivity index is 1.32. The van der Waals surface area contributed by atoms with Crippen molar-refractivity contribution >= 4 is 5.97 Å². The van der Waals surface area contributed by atoms with E-state index in [2.05, 4.69) is 20.8 Å². The molecule has 0 aromatic carbocycles. The van der Waals surface area contributed by atoms with Gasteiger partial charge < -0.3 is 31.5 Å². The second-order valence-corrected chi connectivity index (χ2v) is 14.1. The summed E-state index contributed by atoms with van der Waals surface area (Å²) in [5.41, 5.74) is 11.3. The van der Waals surface area contributed by atoms with E-state index in [1.807, 2.05) is 0 Å². The van der Waals surface area contributed by atoms with Crippen LogP contribution >= 0.6 is 0 Å². The summed E-state index contributed by atoms with van der Waals surface area (Å²) in [6.45, 7) is 8.54. The maximum absolute atomic E-state index is 12.5. The van der Waals surface area contributed by atoms with Crippen LogP contribution in [0.4, 0.5) is 0 Å². The molecule has 220 valence electrons. The van der Waals surface area contributed by atoms with E-state index in [4.69, 9.17) is 16.2 Å². The highest BCUT2D eigenvalue weighted by molar-refractivity contribution is 5.69. The lowest BCUT2D eigenvalue weighted by molar-refractivity contribution is -0.207. The van der Waals surface area contributed by atoms with Crippen LogP contribution in [0.3, 0.4) is 0 Å². The van der Waals surface area contributed by atoms with Gasteiger partial charge in [-0.3, -0.25) is 4.79 Å². The van der Waals surface area contributed by atoms with Gasteiger partial charge in [0.15, 0.2) is 0 Å². The third-order valence-corrected chi connectivity index (χ3v) is 12.3. The summed E-state index contributed by atoms with van der Waals surface area (Å²) in [7, 11) is 0. The Morgan fingerprint density at radius 2 is 1.71 bits per heavy atom. The van der Waals surface area contributed by atoms with Crippen LogP contribution in [-0.2, 0) is 9.53 Å². The van der Waals surface area contributed by atoms with Crippen LogP contribution in [0.15, 0.2) is 0 Å². The van der Waals surface area contributed by atoms with Crippen molar-refractivity contribution in [2.45, 2.75) is 116 Å². The molecule has 4 aliphatic rings. The number of nitrogens with two attached hydrogens (primary N) is 2. The molecule has 7 heteroatoms. The van der Waals surface area contributed by atoms with Gasteiger partial charge in [-0.15, -0.1) is 0 Å². The summed E-state index contributed by atoms with van der Waals surface area (Å²) in [5.74, 6) is 2.05. The Labute approximate surface area is 230 Å². The van der Waals surface area contributed by atoms with Crippen molar-refractivity contribution in [2.24, 2.45) is 63.7 Å². The summed E-state index contributed by atoms with van der Waals surface area (Å²) in [6.07, 6.45) is 9.21. The standard InChI is InChI=1S/C31H56N2O5/c1-19(7-10-28(37)38-13-5-4-6-20(17-32)18-33)23-8-9-24-29-25(16-27(36)31(23,24)3)30(2)12-11-22(34)14-21(30)15-26(29)35/h19-27,29,34-36H,4-18,32-33H2,1-3H3/t19-,21+,22-,23-,24+,25+,26-,27+,29+,30+,31-/m1/s1. The van der Waals surface area contributed by atoms with E-state index >= 15 is 0 Å². The molecule has 38 heavy (non-hydrogen) atoms. The van der Waals surface area contributed by atoms with Crippen molar-refractivity contribution in [1.29, 1.82) is 0 Å². The Hall–Kier alpha value is -0.730. The predicted octanol–water partition coefficient (Wildman–Crippen LogP) is 3.61. The summed E-state index contributed by atoms with van der Waals surface area (Å²) < 4.78 is 5.51. The van der Waals surface area contributed by atoms with Gasteiger partial charge in [0.1, 0.15) is 0 Å². The molecule has 0 aliphatic heterocycles. The lowest BCUT2D eigenvalue weighted by Gasteiger charge is -2.63. The van der Waals surface area contributed by atoms with E-state index in [1.165, 1.54) is 0 Å². The van der Waals surface area contributed by atoms with Gasteiger partial charge in [0.25, 0.3) is 0 Å². The SMILES string of the molecule is C[C@H](CCC(=O)OCCCCC(CN)CN)[C@H]1CC[C@H]2[C@@H]3[C@H](O)C[C@@H]4C[C@H](O)CC[C@]4(C)[C@H]3C[C@H](O)[C@]12C. The van der Waals surface area contributed by atoms with E-state index in [-0.39, 0.29) is 34.9 Å². The molecule has 0 radical (unpaired) electrons. The van der Waals surface area contributed by atoms with E-state index in [9.17, 15) is 20.1 Å². The number of rotatable bonds is 11. The summed E-state index contributed by atoms with van der Waals surface area (Å²) >= 11 is 0. The molecule has 11 atom stereocenters. The molecule has 4 rings (SSSR count). The summed E-state index contributed by atoms with van der Waals surface area (Å²) in [5, 5.41) is 33.5. The minimum absolute atomic E-state index is 0.0917. The molecular formula is C31H56N2O5. The predicted molar refractivity (Wildman–Crippen MR) is 149 cm³/mol. The lowest BCUT2D eigenvalue weighted by atomic mass is 9.43. The van der Waals surface area contributed by atoms with E-state index < -0.39 is 6.10 Å². The van der Waals surface area contributed by atoms with Crippen molar-refractivity contribution in [1.82, 2.24) is 0 Å². The minimum atomic E-state index is -0.392. The number of hydrogen-bond donors (Lipinski definition) is 5. The second-order valence-electron chi connectivity index (χ2n) is 14.1. The summed E-state index contributed by atoms with van der Waals surface area (Å²) in [4.78, 5) is 12.5. The molecule has 0 bridgehead atoms. The molecule has 0 saturated heterocycles. The lowest BCUT2D eigenvalue weighted by Crippen LogP contribution is -2.62. The molecule has 0 aromatic rings. The molecule has 4 saturated carbocycles. The van der Waals surface area contributed by atoms with Crippen molar-refractivity contribution in [2.75, 3.05) is 19.7 Å². The minimum Gasteiger partial charge on any atom is -0.466 e. The van der Waals surface area contributed by atoms with E-state index in [1.54, 1.807) is 0 Å². The Morgan fingerprint density at radius 3 is 2.42 bits per heavy atom. The highest BCUT2D eigenvalue weighted by Gasteiger charge is 2.65. The number of aliphatic hydroxyl groups is 3. The Kier molecular flexibility index (Phi) is 9.88. The van der Waals surface area contributed by atoms with Gasteiger partial charge in [-0.25, -0.2) is 0 Å². The maximum Gasteiger partial charge on any atom is 0.305 e. The summed E-state index contributed by atoms with van der Waals surface area (Å²) in [6, 6.07) is 0. The fourth-order valence-corrected chi connectivity index (χ4v) is 9.80.